The van der Waals surface area contributed by atoms with Gasteiger partial charge in [-0.3, -0.25) is 14.4 Å². The predicted octanol–water partition coefficient (Wildman–Crippen LogP) is 0.862. The Morgan fingerprint density at radius 2 is 1.94 bits per heavy atom. The van der Waals surface area contributed by atoms with Crippen molar-refractivity contribution in [2.45, 2.75) is 50.9 Å². The Hall–Kier alpha value is -3.05. The molecular formula is C24H32N4O6S. The topological polar surface area (TPSA) is 141 Å². The first kappa shape index (κ1) is 26.6. The second-order valence-corrected chi connectivity index (χ2v) is 9.29. The second-order valence-electron chi connectivity index (χ2n) is 8.92. The first-order chi connectivity index (χ1) is 16.7. The quantitative estimate of drug-likeness (QED) is 0.253. The third-order valence-corrected chi connectivity index (χ3v) is 6.56. The van der Waals surface area contributed by atoms with E-state index in [9.17, 15) is 24.3 Å². The van der Waals surface area contributed by atoms with Crippen LogP contribution in [-0.4, -0.2) is 82.3 Å². The van der Waals surface area contributed by atoms with Gasteiger partial charge in [0.2, 0.25) is 5.91 Å². The molecule has 0 unspecified atom stereocenters. The molecule has 1 aliphatic heterocycles. The standard InChI is InChI=1S/C24H32N4O6S/c1-13(2)19(24(33)34-3)27-22(31)20(29)17(12-35)26-21(30)18-9-6-10-28(18)23(32)16-11-14-7-4-5-8-15(14)25-16/h4-5,7-8,11,13,17-20,25,29,35H,6,9-10,12H2,1-3H3,(H,26,30)(H,27,31)/t17-,18-,19-,20+/m0/s1. The van der Waals surface area contributed by atoms with Gasteiger partial charge in [-0.05, 0) is 30.9 Å². The molecule has 3 amide bonds. The highest BCUT2D eigenvalue weighted by Gasteiger charge is 2.38. The number of amides is 3. The fourth-order valence-corrected chi connectivity index (χ4v) is 4.47. The molecular weight excluding hydrogens is 472 g/mol. The number of esters is 1. The number of carbonyl (C=O) groups is 4. The summed E-state index contributed by atoms with van der Waals surface area (Å²) in [5.74, 6) is -2.54. The first-order valence-electron chi connectivity index (χ1n) is 11.5. The van der Waals surface area contributed by atoms with Gasteiger partial charge >= 0.3 is 5.97 Å². The van der Waals surface area contributed by atoms with E-state index in [-0.39, 0.29) is 17.6 Å². The average molecular weight is 505 g/mol. The number of thiol groups is 1. The second kappa shape index (κ2) is 11.6. The zero-order valence-corrected chi connectivity index (χ0v) is 20.9. The Kier molecular flexibility index (Phi) is 8.79. The van der Waals surface area contributed by atoms with Crippen molar-refractivity contribution in [2.24, 2.45) is 5.92 Å². The third-order valence-electron chi connectivity index (χ3n) is 6.17. The molecule has 35 heavy (non-hydrogen) atoms. The number of aliphatic hydroxyl groups excluding tert-OH is 1. The molecule has 1 saturated heterocycles. The Morgan fingerprint density at radius 1 is 1.23 bits per heavy atom. The fraction of sp³-hybridized carbons (Fsp3) is 0.500. The molecule has 0 radical (unpaired) electrons. The largest absolute Gasteiger partial charge is 0.467 e. The lowest BCUT2D eigenvalue weighted by Crippen LogP contribution is -2.58. The highest BCUT2D eigenvalue weighted by Crippen LogP contribution is 2.23. The van der Waals surface area contributed by atoms with Gasteiger partial charge in [-0.1, -0.05) is 32.0 Å². The van der Waals surface area contributed by atoms with Crippen molar-refractivity contribution in [2.75, 3.05) is 19.4 Å². The van der Waals surface area contributed by atoms with E-state index in [0.29, 0.717) is 25.1 Å². The number of methoxy groups -OCH3 is 1. The van der Waals surface area contributed by atoms with Crippen molar-refractivity contribution in [3.8, 4) is 0 Å². The summed E-state index contributed by atoms with van der Waals surface area (Å²) >= 11 is 4.17. The summed E-state index contributed by atoms with van der Waals surface area (Å²) < 4.78 is 4.70. The van der Waals surface area contributed by atoms with Gasteiger partial charge in [-0.2, -0.15) is 12.6 Å². The van der Waals surface area contributed by atoms with Crippen LogP contribution >= 0.6 is 12.6 Å². The van der Waals surface area contributed by atoms with Gasteiger partial charge in [0.25, 0.3) is 11.8 Å². The molecule has 0 spiro atoms. The molecule has 1 aliphatic rings. The third kappa shape index (κ3) is 5.96. The molecule has 11 heteroatoms. The molecule has 190 valence electrons. The summed E-state index contributed by atoms with van der Waals surface area (Å²) in [6.45, 7) is 3.87. The van der Waals surface area contributed by atoms with Gasteiger partial charge in [-0.15, -0.1) is 0 Å². The summed E-state index contributed by atoms with van der Waals surface area (Å²) in [5.41, 5.74) is 1.21. The lowest BCUT2D eigenvalue weighted by atomic mass is 10.0. The van der Waals surface area contributed by atoms with Crippen LogP contribution in [0.3, 0.4) is 0 Å². The molecule has 0 bridgehead atoms. The molecule has 1 fully saturated rings. The van der Waals surface area contributed by atoms with Crippen molar-refractivity contribution >= 4 is 47.2 Å². The van der Waals surface area contributed by atoms with E-state index in [1.807, 2.05) is 24.3 Å². The van der Waals surface area contributed by atoms with Gasteiger partial charge in [0.1, 0.15) is 17.8 Å². The van der Waals surface area contributed by atoms with E-state index < -0.39 is 42.0 Å². The molecule has 3 rings (SSSR count). The number of rotatable bonds is 9. The average Bonchev–Trinajstić information content (AvgIpc) is 3.51. The number of benzene rings is 1. The van der Waals surface area contributed by atoms with Crippen LogP contribution in [0.4, 0.5) is 0 Å². The SMILES string of the molecule is COC(=O)[C@@H](NC(=O)[C@H](O)[C@H](CS)NC(=O)[C@@H]1CCCN1C(=O)c1cc2ccccc2[nH]1)C(C)C. The number of hydrogen-bond donors (Lipinski definition) is 5. The van der Waals surface area contributed by atoms with Crippen molar-refractivity contribution in [1.82, 2.24) is 20.5 Å². The number of carbonyl (C=O) groups excluding carboxylic acids is 4. The Balaban J connectivity index is 1.67. The van der Waals surface area contributed by atoms with Gasteiger partial charge in [0.05, 0.1) is 13.2 Å². The van der Waals surface area contributed by atoms with Crippen molar-refractivity contribution < 1.29 is 29.0 Å². The number of para-hydroxylation sites is 1. The number of fused-ring (bicyclic) bond motifs is 1. The maximum atomic E-state index is 13.1. The van der Waals surface area contributed by atoms with Gasteiger partial charge in [0.15, 0.2) is 6.10 Å². The molecule has 2 aromatic rings. The maximum Gasteiger partial charge on any atom is 0.328 e. The van der Waals surface area contributed by atoms with E-state index in [0.717, 1.165) is 10.9 Å². The molecule has 10 nitrogen and oxygen atoms in total. The number of nitrogens with zero attached hydrogens (tertiary/aromatic N) is 1. The Morgan fingerprint density at radius 3 is 2.57 bits per heavy atom. The van der Waals surface area contributed by atoms with Crippen LogP contribution in [0.1, 0.15) is 37.2 Å². The fourth-order valence-electron chi connectivity index (χ4n) is 4.18. The number of likely N-dealkylation sites (tertiary alicyclic amines) is 1. The lowest BCUT2D eigenvalue weighted by Gasteiger charge is -2.28. The van der Waals surface area contributed by atoms with Crippen LogP contribution < -0.4 is 10.6 Å². The minimum atomic E-state index is -1.65. The van der Waals surface area contributed by atoms with Crippen molar-refractivity contribution in [3.05, 3.63) is 36.0 Å². The van der Waals surface area contributed by atoms with Gasteiger partial charge < -0.3 is 30.4 Å². The summed E-state index contributed by atoms with van der Waals surface area (Å²) in [6, 6.07) is 6.54. The van der Waals surface area contributed by atoms with Crippen LogP contribution in [0.15, 0.2) is 30.3 Å². The predicted molar refractivity (Wildman–Crippen MR) is 133 cm³/mol. The maximum absolute atomic E-state index is 13.1. The van der Waals surface area contributed by atoms with Gasteiger partial charge in [-0.25, -0.2) is 4.79 Å². The lowest BCUT2D eigenvalue weighted by molar-refractivity contribution is -0.148. The van der Waals surface area contributed by atoms with E-state index in [1.165, 1.54) is 12.0 Å². The van der Waals surface area contributed by atoms with Crippen LogP contribution in [0.2, 0.25) is 0 Å². The molecule has 4 N–H and O–H groups in total. The Bertz CT molecular complexity index is 1050. The molecule has 0 saturated carbocycles. The Labute approximate surface area is 209 Å². The molecule has 0 aliphatic carbocycles. The van der Waals surface area contributed by atoms with Crippen LogP contribution in [-0.2, 0) is 19.1 Å². The summed E-state index contributed by atoms with van der Waals surface area (Å²) in [7, 11) is 1.21. The zero-order valence-electron chi connectivity index (χ0n) is 20.0. The number of ether oxygens (including phenoxy) is 1. The minimum absolute atomic E-state index is 0.0341. The van der Waals surface area contributed by atoms with E-state index in [4.69, 9.17) is 4.74 Å². The van der Waals surface area contributed by atoms with Gasteiger partial charge in [0, 0.05) is 23.2 Å². The minimum Gasteiger partial charge on any atom is -0.467 e. The van der Waals surface area contributed by atoms with E-state index >= 15 is 0 Å². The molecule has 1 aromatic carbocycles. The summed E-state index contributed by atoms with van der Waals surface area (Å²) in [5, 5.41) is 16.6. The number of hydrogen-bond acceptors (Lipinski definition) is 7. The first-order valence-corrected chi connectivity index (χ1v) is 12.2. The summed E-state index contributed by atoms with van der Waals surface area (Å²) in [4.78, 5) is 55.3. The highest BCUT2D eigenvalue weighted by atomic mass is 32.1. The normalized spacial score (nSPS) is 18.2. The van der Waals surface area contributed by atoms with E-state index in [1.54, 1.807) is 19.9 Å². The van der Waals surface area contributed by atoms with Crippen molar-refractivity contribution in [1.29, 1.82) is 0 Å². The van der Waals surface area contributed by atoms with Crippen LogP contribution in [0, 0.1) is 5.92 Å². The number of aliphatic hydroxyl groups is 1. The monoisotopic (exact) mass is 504 g/mol. The number of H-pyrrole nitrogens is 1. The molecule has 1 aromatic heterocycles. The highest BCUT2D eigenvalue weighted by molar-refractivity contribution is 7.80. The number of nitrogens with one attached hydrogen (secondary N) is 3. The molecule has 4 atom stereocenters. The smallest absolute Gasteiger partial charge is 0.328 e. The number of aromatic amines is 1. The van der Waals surface area contributed by atoms with Crippen molar-refractivity contribution in [3.63, 3.8) is 0 Å². The van der Waals surface area contributed by atoms with Crippen LogP contribution in [0.5, 0.6) is 0 Å². The molecule has 2 heterocycles. The number of aromatic nitrogens is 1. The summed E-state index contributed by atoms with van der Waals surface area (Å²) in [6.07, 6.45) is -0.549. The van der Waals surface area contributed by atoms with Crippen LogP contribution in [0.25, 0.3) is 10.9 Å². The van der Waals surface area contributed by atoms with E-state index in [2.05, 4.69) is 28.2 Å². The zero-order chi connectivity index (χ0) is 25.7.